The predicted octanol–water partition coefficient (Wildman–Crippen LogP) is 1.16. The second-order valence-corrected chi connectivity index (χ2v) is 10.1. The average molecular weight is 511 g/mol. The first kappa shape index (κ1) is 33.6. The standard InChI is InChI=1S/C29H50N2O3.ClH/c1-27(26-32)30-28(33)18-14-12-10-8-6-4-5-7-9-11-13-15-19-29(2,3)20-16-17-21-31-22-24-34-25-23-31;/h4-5,8-11,15,19,27,32H,6-7,12-14,16-18,20-26H2,1-3H3,(H,30,33);1H/b5-4-,10-8-,11-9-,19-15-;/t27-;/m1./s1. The van der Waals surface area contributed by atoms with E-state index in [4.69, 9.17) is 9.84 Å². The molecule has 1 saturated heterocycles. The number of morpholine rings is 1. The van der Waals surface area contributed by atoms with Crippen molar-refractivity contribution in [2.75, 3.05) is 39.5 Å². The first-order chi connectivity index (χ1) is 16.4. The predicted molar refractivity (Wildman–Crippen MR) is 143 cm³/mol. The van der Waals surface area contributed by atoms with Gasteiger partial charge in [-0.15, -0.1) is 0 Å². The molecule has 3 N–H and O–H groups in total. The third-order valence-electron chi connectivity index (χ3n) is 6.14. The van der Waals surface area contributed by atoms with E-state index in [9.17, 15) is 4.79 Å². The van der Waals surface area contributed by atoms with Crippen LogP contribution in [-0.4, -0.2) is 56.5 Å². The van der Waals surface area contributed by atoms with Gasteiger partial charge in [-0.25, -0.2) is 0 Å². The summed E-state index contributed by atoms with van der Waals surface area (Å²) in [5.74, 6) is 0.0142. The highest BCUT2D eigenvalue weighted by molar-refractivity contribution is 5.76. The van der Waals surface area contributed by atoms with Gasteiger partial charge in [-0.2, -0.15) is 0 Å². The van der Waals surface area contributed by atoms with E-state index >= 15 is 0 Å². The van der Waals surface area contributed by atoms with Crippen LogP contribution in [0.5, 0.6) is 0 Å². The number of aliphatic hydroxyl groups excluding tert-OH is 1. The van der Waals surface area contributed by atoms with Gasteiger partial charge in [0.2, 0.25) is 5.91 Å². The summed E-state index contributed by atoms with van der Waals surface area (Å²) < 4.78 is 5.43. The number of hydrogen-bond donors (Lipinski definition) is 3. The molecule has 1 aliphatic heterocycles. The molecule has 6 heteroatoms. The van der Waals surface area contributed by atoms with Gasteiger partial charge in [-0.05, 0) is 63.7 Å². The Labute approximate surface area is 221 Å². The SMILES string of the molecule is C[C@H](CO)NC(=O)CCC/C=C\C/C=C\C/C=C\C/C=C\C(C)(C)CCCC[NH+]1CCOCC1.[Cl-]. The van der Waals surface area contributed by atoms with Gasteiger partial charge in [-0.3, -0.25) is 4.79 Å². The number of nitrogens with one attached hydrogen (secondary N) is 2. The van der Waals surface area contributed by atoms with Crippen molar-refractivity contribution in [2.24, 2.45) is 5.41 Å². The number of hydrogen-bond acceptors (Lipinski definition) is 3. The molecule has 0 radical (unpaired) electrons. The van der Waals surface area contributed by atoms with E-state index in [1.807, 2.05) is 0 Å². The van der Waals surface area contributed by atoms with Crippen LogP contribution < -0.4 is 22.6 Å². The summed E-state index contributed by atoms with van der Waals surface area (Å²) in [6.07, 6.45) is 26.9. The topological polar surface area (TPSA) is 63.0 Å². The zero-order chi connectivity index (χ0) is 24.9. The highest BCUT2D eigenvalue weighted by Gasteiger charge is 2.16. The van der Waals surface area contributed by atoms with Crippen molar-refractivity contribution in [1.29, 1.82) is 0 Å². The fraction of sp³-hybridized carbons (Fsp3) is 0.690. The lowest BCUT2D eigenvalue weighted by Gasteiger charge is -2.24. The Morgan fingerprint density at radius 2 is 1.57 bits per heavy atom. The van der Waals surface area contributed by atoms with Crippen molar-refractivity contribution in [1.82, 2.24) is 5.32 Å². The van der Waals surface area contributed by atoms with Gasteiger partial charge in [0.25, 0.3) is 0 Å². The van der Waals surface area contributed by atoms with Crippen LogP contribution in [0, 0.1) is 5.41 Å². The third kappa shape index (κ3) is 20.5. The van der Waals surface area contributed by atoms with Gasteiger partial charge in [0.15, 0.2) is 0 Å². The summed E-state index contributed by atoms with van der Waals surface area (Å²) in [6.45, 7) is 12.0. The third-order valence-corrected chi connectivity index (χ3v) is 6.14. The van der Waals surface area contributed by atoms with Gasteiger partial charge in [0.1, 0.15) is 13.1 Å². The quantitative estimate of drug-likeness (QED) is 0.191. The number of ether oxygens (including phenoxy) is 1. The monoisotopic (exact) mass is 510 g/mol. The fourth-order valence-electron chi connectivity index (χ4n) is 3.94. The van der Waals surface area contributed by atoms with E-state index in [0.717, 1.165) is 45.3 Å². The van der Waals surface area contributed by atoms with Crippen LogP contribution in [-0.2, 0) is 9.53 Å². The van der Waals surface area contributed by atoms with Gasteiger partial charge < -0.3 is 32.5 Å². The molecule has 1 aliphatic rings. The molecule has 1 heterocycles. The number of carbonyl (C=O) groups is 1. The number of halogens is 1. The molecular formula is C29H51ClN2O3. The first-order valence-electron chi connectivity index (χ1n) is 13.4. The number of quaternary nitrogens is 1. The molecule has 1 fully saturated rings. The van der Waals surface area contributed by atoms with Gasteiger partial charge in [-0.1, -0.05) is 62.5 Å². The van der Waals surface area contributed by atoms with Crippen LogP contribution in [0.1, 0.15) is 78.6 Å². The molecule has 0 aromatic carbocycles. The lowest BCUT2D eigenvalue weighted by molar-refractivity contribution is -0.908. The van der Waals surface area contributed by atoms with E-state index < -0.39 is 0 Å². The van der Waals surface area contributed by atoms with Crippen LogP contribution >= 0.6 is 0 Å². The van der Waals surface area contributed by atoms with Crippen molar-refractivity contribution < 1.29 is 31.9 Å². The van der Waals surface area contributed by atoms with Crippen molar-refractivity contribution in [3.8, 4) is 0 Å². The minimum atomic E-state index is -0.160. The zero-order valence-electron chi connectivity index (χ0n) is 22.4. The zero-order valence-corrected chi connectivity index (χ0v) is 23.2. The average Bonchev–Trinajstić information content (AvgIpc) is 2.82. The molecule has 1 amide bonds. The van der Waals surface area contributed by atoms with Gasteiger partial charge in [0.05, 0.1) is 26.4 Å². The van der Waals surface area contributed by atoms with Gasteiger partial charge >= 0.3 is 0 Å². The molecule has 0 spiro atoms. The lowest BCUT2D eigenvalue weighted by atomic mass is 9.86. The van der Waals surface area contributed by atoms with Crippen molar-refractivity contribution in [2.45, 2.75) is 84.6 Å². The van der Waals surface area contributed by atoms with Crippen LogP contribution in [0.3, 0.4) is 0 Å². The molecule has 0 aliphatic carbocycles. The van der Waals surface area contributed by atoms with E-state index in [1.165, 1.54) is 38.9 Å². The molecule has 1 atom stereocenters. The normalized spacial score (nSPS) is 16.5. The Morgan fingerprint density at radius 3 is 2.20 bits per heavy atom. The number of aliphatic hydroxyl groups is 1. The van der Waals surface area contributed by atoms with Crippen LogP contribution in [0.2, 0.25) is 0 Å². The summed E-state index contributed by atoms with van der Waals surface area (Å²) >= 11 is 0. The van der Waals surface area contributed by atoms with Crippen LogP contribution in [0.15, 0.2) is 48.6 Å². The van der Waals surface area contributed by atoms with E-state index in [1.54, 1.807) is 11.8 Å². The number of carbonyl (C=O) groups excluding carboxylic acids is 1. The summed E-state index contributed by atoms with van der Waals surface area (Å²) in [5, 5.41) is 11.7. The Balaban J connectivity index is 0.0000116. The molecule has 0 bridgehead atoms. The molecule has 0 saturated carbocycles. The Hall–Kier alpha value is -1.40. The molecule has 35 heavy (non-hydrogen) atoms. The van der Waals surface area contributed by atoms with Crippen molar-refractivity contribution >= 4 is 5.91 Å². The van der Waals surface area contributed by atoms with Crippen molar-refractivity contribution in [3.05, 3.63) is 48.6 Å². The summed E-state index contributed by atoms with van der Waals surface area (Å²) in [4.78, 5) is 13.3. The van der Waals surface area contributed by atoms with E-state index in [0.29, 0.717) is 6.42 Å². The summed E-state index contributed by atoms with van der Waals surface area (Å²) in [6, 6.07) is -0.160. The maximum absolute atomic E-state index is 11.6. The molecule has 202 valence electrons. The first-order valence-corrected chi connectivity index (χ1v) is 13.4. The molecular weight excluding hydrogens is 460 g/mol. The molecule has 5 nitrogen and oxygen atoms in total. The minimum absolute atomic E-state index is 0. The van der Waals surface area contributed by atoms with Crippen LogP contribution in [0.25, 0.3) is 0 Å². The maximum Gasteiger partial charge on any atom is 0.220 e. The Kier molecular flexibility index (Phi) is 21.0. The molecule has 0 unspecified atom stereocenters. The second kappa shape index (κ2) is 21.8. The largest absolute Gasteiger partial charge is 1.00 e. The number of amides is 1. The Morgan fingerprint density at radius 1 is 0.971 bits per heavy atom. The number of allylic oxidation sites excluding steroid dienone is 8. The van der Waals surface area contributed by atoms with Crippen LogP contribution in [0.4, 0.5) is 0 Å². The molecule has 0 aromatic heterocycles. The minimum Gasteiger partial charge on any atom is -1.00 e. The van der Waals surface area contributed by atoms with E-state index in [-0.39, 0.29) is 36.4 Å². The second-order valence-electron chi connectivity index (χ2n) is 10.1. The highest BCUT2D eigenvalue weighted by Crippen LogP contribution is 2.24. The maximum atomic E-state index is 11.6. The summed E-state index contributed by atoms with van der Waals surface area (Å²) in [7, 11) is 0. The summed E-state index contributed by atoms with van der Waals surface area (Å²) in [5.41, 5.74) is 0.280. The molecule has 0 aromatic rings. The fourth-order valence-corrected chi connectivity index (χ4v) is 3.94. The smallest absolute Gasteiger partial charge is 0.220 e. The number of rotatable bonds is 18. The Bertz CT molecular complexity index is 638. The highest BCUT2D eigenvalue weighted by atomic mass is 35.5. The van der Waals surface area contributed by atoms with Gasteiger partial charge in [0, 0.05) is 12.5 Å². The van der Waals surface area contributed by atoms with E-state index in [2.05, 4.69) is 67.8 Å². The van der Waals surface area contributed by atoms with Crippen molar-refractivity contribution in [3.63, 3.8) is 0 Å². The molecule has 1 rings (SSSR count). The lowest BCUT2D eigenvalue weighted by Crippen LogP contribution is -3.14. The number of unbranched alkanes of at least 4 members (excludes halogenated alkanes) is 2.